The summed E-state index contributed by atoms with van der Waals surface area (Å²) < 4.78 is 11.9. The van der Waals surface area contributed by atoms with Crippen molar-refractivity contribution in [1.82, 2.24) is 0 Å². The van der Waals surface area contributed by atoms with Crippen molar-refractivity contribution in [3.63, 3.8) is 0 Å². The summed E-state index contributed by atoms with van der Waals surface area (Å²) in [6.45, 7) is 13.6. The minimum absolute atomic E-state index is 0.421. The van der Waals surface area contributed by atoms with Crippen LogP contribution in [-0.2, 0) is 6.42 Å². The second-order valence-corrected chi connectivity index (χ2v) is 10.7. The van der Waals surface area contributed by atoms with E-state index in [-0.39, 0.29) is 0 Å². The lowest BCUT2D eigenvalue weighted by Gasteiger charge is -2.32. The number of aryl methyl sites for hydroxylation is 2. The minimum atomic E-state index is 0.421. The third-order valence-corrected chi connectivity index (χ3v) is 7.67. The van der Waals surface area contributed by atoms with Crippen LogP contribution in [0.5, 0.6) is 11.5 Å². The lowest BCUT2D eigenvalue weighted by atomic mass is 9.72. The van der Waals surface area contributed by atoms with Crippen LogP contribution >= 0.6 is 0 Å². The smallest absolute Gasteiger partial charge is 0.127 e. The van der Waals surface area contributed by atoms with Gasteiger partial charge in [0, 0.05) is 10.9 Å². The molecule has 2 nitrogen and oxygen atoms in total. The molecule has 0 radical (unpaired) electrons. The number of benzene rings is 4. The third-order valence-electron chi connectivity index (χ3n) is 7.67. The summed E-state index contributed by atoms with van der Waals surface area (Å²) >= 11 is 0. The van der Waals surface area contributed by atoms with Gasteiger partial charge in [0.15, 0.2) is 0 Å². The zero-order valence-electron chi connectivity index (χ0n) is 21.8. The Morgan fingerprint density at radius 1 is 0.765 bits per heavy atom. The zero-order chi connectivity index (χ0) is 24.3. The van der Waals surface area contributed by atoms with E-state index in [4.69, 9.17) is 9.47 Å². The number of hydrogen-bond acceptors (Lipinski definition) is 2. The molecule has 0 bridgehead atoms. The van der Waals surface area contributed by atoms with E-state index in [1.165, 1.54) is 60.5 Å². The molecule has 0 aliphatic heterocycles. The van der Waals surface area contributed by atoms with Gasteiger partial charge in [-0.25, -0.2) is 0 Å². The minimum Gasteiger partial charge on any atom is -0.496 e. The lowest BCUT2D eigenvalue weighted by Crippen LogP contribution is -2.17. The van der Waals surface area contributed by atoms with E-state index < -0.39 is 0 Å². The Bertz CT molecular complexity index is 1430. The highest BCUT2D eigenvalue weighted by molar-refractivity contribution is 6.14. The molecule has 1 atom stereocenters. The molecule has 5 rings (SSSR count). The van der Waals surface area contributed by atoms with Gasteiger partial charge in [0.1, 0.15) is 11.5 Å². The van der Waals surface area contributed by atoms with Gasteiger partial charge in [-0.3, -0.25) is 0 Å². The quantitative estimate of drug-likeness (QED) is 0.288. The second-order valence-electron chi connectivity index (χ2n) is 10.7. The first kappa shape index (κ1) is 22.8. The normalized spacial score (nSPS) is 15.2. The SMILES string of the molecule is COc1cc(C)cc2c1-c1cc3cc(C(C)C)c4cc(C)cc(OC)c4c3cc1C[C@H]2C(C)C. The second kappa shape index (κ2) is 8.34. The van der Waals surface area contributed by atoms with E-state index in [1.54, 1.807) is 14.2 Å². The van der Waals surface area contributed by atoms with Gasteiger partial charge in [-0.05, 0) is 112 Å². The van der Waals surface area contributed by atoms with Crippen LogP contribution in [0.1, 0.15) is 67.3 Å². The highest BCUT2D eigenvalue weighted by atomic mass is 16.5. The average Bonchev–Trinajstić information content (AvgIpc) is 2.80. The Labute approximate surface area is 203 Å². The third kappa shape index (κ3) is 3.47. The fourth-order valence-electron chi connectivity index (χ4n) is 6.01. The Kier molecular flexibility index (Phi) is 5.59. The number of ether oxygens (including phenoxy) is 2. The molecule has 0 fully saturated rings. The van der Waals surface area contributed by atoms with Crippen LogP contribution in [0.25, 0.3) is 32.7 Å². The molecule has 1 aliphatic carbocycles. The van der Waals surface area contributed by atoms with Gasteiger partial charge in [-0.2, -0.15) is 0 Å². The molecule has 1 aliphatic rings. The molecule has 34 heavy (non-hydrogen) atoms. The zero-order valence-corrected chi connectivity index (χ0v) is 21.8. The van der Waals surface area contributed by atoms with Crippen molar-refractivity contribution < 1.29 is 9.47 Å². The molecule has 0 N–H and O–H groups in total. The predicted molar refractivity (Wildman–Crippen MR) is 145 cm³/mol. The largest absolute Gasteiger partial charge is 0.496 e. The number of fused-ring (bicyclic) bond motifs is 6. The first-order valence-electron chi connectivity index (χ1n) is 12.5. The summed E-state index contributed by atoms with van der Waals surface area (Å²) in [5, 5.41) is 5.10. The molecular formula is C32H36O2. The molecule has 0 heterocycles. The Balaban J connectivity index is 1.92. The maximum absolute atomic E-state index is 5.95. The lowest BCUT2D eigenvalue weighted by molar-refractivity contribution is 0.412. The van der Waals surface area contributed by atoms with Crippen LogP contribution in [0.4, 0.5) is 0 Å². The Hall–Kier alpha value is -3.00. The fraction of sp³-hybridized carbons (Fsp3) is 0.375. The molecule has 0 spiro atoms. The first-order valence-corrected chi connectivity index (χ1v) is 12.5. The summed E-state index contributed by atoms with van der Waals surface area (Å²) in [7, 11) is 3.59. The monoisotopic (exact) mass is 452 g/mol. The summed E-state index contributed by atoms with van der Waals surface area (Å²) in [5.41, 5.74) is 9.29. The van der Waals surface area contributed by atoms with Gasteiger partial charge >= 0.3 is 0 Å². The molecule has 0 unspecified atom stereocenters. The standard InChI is InChI=1S/C32H36O2/c1-17(2)23-13-21-15-26-22(16-25(21)31-27(23)9-19(5)11-29(31)33-7)14-24(18(3)4)28-10-20(6)12-30(34-8)32(26)28/h9-13,15-18,24H,14H2,1-8H3/t24-/m0/s1. The predicted octanol–water partition coefficient (Wildman–Crippen LogP) is 8.71. The van der Waals surface area contributed by atoms with Crippen molar-refractivity contribution in [1.29, 1.82) is 0 Å². The van der Waals surface area contributed by atoms with E-state index in [2.05, 4.69) is 84.0 Å². The van der Waals surface area contributed by atoms with Crippen molar-refractivity contribution in [3.8, 4) is 22.6 Å². The molecular weight excluding hydrogens is 416 g/mol. The number of rotatable bonds is 4. The maximum Gasteiger partial charge on any atom is 0.127 e. The van der Waals surface area contributed by atoms with E-state index in [0.717, 1.165) is 17.9 Å². The number of methoxy groups -OCH3 is 2. The van der Waals surface area contributed by atoms with Crippen LogP contribution in [-0.4, -0.2) is 14.2 Å². The van der Waals surface area contributed by atoms with Gasteiger partial charge in [-0.1, -0.05) is 45.9 Å². The highest BCUT2D eigenvalue weighted by Crippen LogP contribution is 2.50. The van der Waals surface area contributed by atoms with Crippen molar-refractivity contribution in [3.05, 3.63) is 70.3 Å². The molecule has 0 saturated carbocycles. The molecule has 2 heteroatoms. The van der Waals surface area contributed by atoms with Crippen molar-refractivity contribution in [2.75, 3.05) is 14.2 Å². The molecule has 4 aromatic carbocycles. The summed E-state index contributed by atoms with van der Waals surface area (Å²) in [6, 6.07) is 16.3. The molecule has 0 amide bonds. The molecule has 4 aromatic rings. The molecule has 0 saturated heterocycles. The van der Waals surface area contributed by atoms with Gasteiger partial charge < -0.3 is 9.47 Å². The van der Waals surface area contributed by atoms with Crippen molar-refractivity contribution in [2.24, 2.45) is 5.92 Å². The summed E-state index contributed by atoms with van der Waals surface area (Å²) in [5.74, 6) is 3.39. The maximum atomic E-state index is 5.95. The van der Waals surface area contributed by atoms with E-state index >= 15 is 0 Å². The van der Waals surface area contributed by atoms with Gasteiger partial charge in [0.25, 0.3) is 0 Å². The van der Waals surface area contributed by atoms with Gasteiger partial charge in [0.2, 0.25) is 0 Å². The van der Waals surface area contributed by atoms with E-state index in [0.29, 0.717) is 17.8 Å². The molecule has 0 aromatic heterocycles. The first-order chi connectivity index (χ1) is 16.2. The highest BCUT2D eigenvalue weighted by Gasteiger charge is 2.30. The van der Waals surface area contributed by atoms with Crippen LogP contribution in [0.2, 0.25) is 0 Å². The average molecular weight is 453 g/mol. The Morgan fingerprint density at radius 2 is 1.44 bits per heavy atom. The van der Waals surface area contributed by atoms with Gasteiger partial charge in [-0.15, -0.1) is 0 Å². The Morgan fingerprint density at radius 3 is 2.09 bits per heavy atom. The fourth-order valence-corrected chi connectivity index (χ4v) is 6.01. The van der Waals surface area contributed by atoms with Crippen molar-refractivity contribution in [2.45, 2.75) is 59.8 Å². The topological polar surface area (TPSA) is 18.5 Å². The van der Waals surface area contributed by atoms with E-state index in [9.17, 15) is 0 Å². The van der Waals surface area contributed by atoms with Crippen LogP contribution in [0, 0.1) is 19.8 Å². The summed E-state index contributed by atoms with van der Waals surface area (Å²) in [6.07, 6.45) is 1.05. The number of hydrogen-bond donors (Lipinski definition) is 0. The summed E-state index contributed by atoms with van der Waals surface area (Å²) in [4.78, 5) is 0. The van der Waals surface area contributed by atoms with Gasteiger partial charge in [0.05, 0.1) is 14.2 Å². The van der Waals surface area contributed by atoms with Crippen LogP contribution in [0.3, 0.4) is 0 Å². The van der Waals surface area contributed by atoms with Crippen LogP contribution < -0.4 is 9.47 Å². The van der Waals surface area contributed by atoms with Crippen molar-refractivity contribution >= 4 is 21.5 Å². The van der Waals surface area contributed by atoms with Crippen LogP contribution in [0.15, 0.2) is 42.5 Å². The van der Waals surface area contributed by atoms with E-state index in [1.807, 2.05) is 0 Å². The molecule has 176 valence electrons.